The first-order chi connectivity index (χ1) is 7.72. The molecule has 0 aromatic heterocycles. The molecule has 0 aliphatic carbocycles. The molecule has 0 amide bonds. The monoisotopic (exact) mass is 219 g/mol. The fourth-order valence-corrected chi connectivity index (χ4v) is 1.89. The van der Waals surface area contributed by atoms with Gasteiger partial charge in [0.1, 0.15) is 0 Å². The lowest BCUT2D eigenvalue weighted by atomic mass is 9.91. The Morgan fingerprint density at radius 3 is 2.44 bits per heavy atom. The summed E-state index contributed by atoms with van der Waals surface area (Å²) in [6.07, 6.45) is 0. The summed E-state index contributed by atoms with van der Waals surface area (Å²) in [6, 6.07) is 8.27. The number of rotatable bonds is 3. The highest BCUT2D eigenvalue weighted by molar-refractivity contribution is 5.77. The summed E-state index contributed by atoms with van der Waals surface area (Å²) in [7, 11) is 1.42. The summed E-state index contributed by atoms with van der Waals surface area (Å²) < 4.78 is 4.73. The van der Waals surface area contributed by atoms with Gasteiger partial charge in [-0.1, -0.05) is 24.3 Å². The minimum atomic E-state index is -0.182. The third-order valence-corrected chi connectivity index (χ3v) is 3.24. The van der Waals surface area contributed by atoms with E-state index in [0.29, 0.717) is 5.92 Å². The van der Waals surface area contributed by atoms with Crippen LogP contribution >= 0.6 is 0 Å². The summed E-state index contributed by atoms with van der Waals surface area (Å²) in [6.45, 7) is 3.99. The van der Waals surface area contributed by atoms with Crippen molar-refractivity contribution in [2.45, 2.75) is 18.8 Å². The van der Waals surface area contributed by atoms with Gasteiger partial charge in [0.25, 0.3) is 0 Å². The molecule has 1 aromatic rings. The standard InChI is InChI=1S/C13H17NO2/c1-9(13(15)16-2)10-3-5-11(6-4-10)12-7-14-8-12/h3-6,9,12,14H,7-8H2,1-2H3. The Morgan fingerprint density at radius 1 is 1.38 bits per heavy atom. The molecule has 0 radical (unpaired) electrons. The first kappa shape index (κ1) is 11.1. The van der Waals surface area contributed by atoms with Gasteiger partial charge in [-0.15, -0.1) is 0 Å². The normalized spacial score (nSPS) is 17.6. The van der Waals surface area contributed by atoms with E-state index in [1.54, 1.807) is 0 Å². The van der Waals surface area contributed by atoms with Crippen LogP contribution < -0.4 is 5.32 Å². The highest BCUT2D eigenvalue weighted by Gasteiger charge is 2.20. The van der Waals surface area contributed by atoms with E-state index in [1.165, 1.54) is 12.7 Å². The summed E-state index contributed by atoms with van der Waals surface area (Å²) in [5, 5.41) is 3.25. The molecule has 1 saturated heterocycles. The molecule has 1 aliphatic heterocycles. The van der Waals surface area contributed by atoms with Crippen molar-refractivity contribution in [1.29, 1.82) is 0 Å². The molecule has 1 N–H and O–H groups in total. The quantitative estimate of drug-likeness (QED) is 0.786. The second-order valence-electron chi connectivity index (χ2n) is 4.27. The largest absolute Gasteiger partial charge is 0.469 e. The number of hydrogen-bond donors (Lipinski definition) is 1. The van der Waals surface area contributed by atoms with E-state index in [1.807, 2.05) is 19.1 Å². The summed E-state index contributed by atoms with van der Waals surface area (Å²) in [5.74, 6) is 0.277. The van der Waals surface area contributed by atoms with Crippen LogP contribution in [0.5, 0.6) is 0 Å². The molecule has 2 rings (SSSR count). The molecule has 0 spiro atoms. The van der Waals surface area contributed by atoms with E-state index < -0.39 is 0 Å². The van der Waals surface area contributed by atoms with Crippen molar-refractivity contribution in [3.63, 3.8) is 0 Å². The average Bonchev–Trinajstić information content (AvgIpc) is 2.26. The van der Waals surface area contributed by atoms with Crippen LogP contribution in [-0.4, -0.2) is 26.2 Å². The summed E-state index contributed by atoms with van der Waals surface area (Å²) in [5.41, 5.74) is 2.36. The van der Waals surface area contributed by atoms with E-state index in [9.17, 15) is 4.79 Å². The predicted octanol–water partition coefficient (Wildman–Crippen LogP) is 1.65. The van der Waals surface area contributed by atoms with Gasteiger partial charge < -0.3 is 10.1 Å². The van der Waals surface area contributed by atoms with Gasteiger partial charge in [-0.25, -0.2) is 0 Å². The number of methoxy groups -OCH3 is 1. The van der Waals surface area contributed by atoms with Gasteiger partial charge in [-0.05, 0) is 18.1 Å². The number of esters is 1. The molecule has 0 saturated carbocycles. The zero-order valence-corrected chi connectivity index (χ0v) is 9.69. The summed E-state index contributed by atoms with van der Waals surface area (Å²) >= 11 is 0. The minimum Gasteiger partial charge on any atom is -0.469 e. The van der Waals surface area contributed by atoms with Crippen molar-refractivity contribution in [3.05, 3.63) is 35.4 Å². The van der Waals surface area contributed by atoms with Crippen molar-refractivity contribution in [1.82, 2.24) is 5.32 Å². The minimum absolute atomic E-state index is 0.182. The van der Waals surface area contributed by atoms with Crippen LogP contribution in [0.1, 0.15) is 29.9 Å². The van der Waals surface area contributed by atoms with Gasteiger partial charge in [0, 0.05) is 19.0 Å². The van der Waals surface area contributed by atoms with E-state index in [0.717, 1.165) is 18.7 Å². The number of carbonyl (C=O) groups is 1. The molecular formula is C13H17NO2. The Bertz CT molecular complexity index is 368. The summed E-state index contributed by atoms with van der Waals surface area (Å²) in [4.78, 5) is 11.4. The maximum atomic E-state index is 11.4. The molecule has 1 aliphatic rings. The maximum absolute atomic E-state index is 11.4. The van der Waals surface area contributed by atoms with Gasteiger partial charge in [0.05, 0.1) is 13.0 Å². The number of carbonyl (C=O) groups excluding carboxylic acids is 1. The van der Waals surface area contributed by atoms with Gasteiger partial charge in [0.2, 0.25) is 0 Å². The Kier molecular flexibility index (Phi) is 3.25. The molecule has 1 unspecified atom stereocenters. The zero-order valence-electron chi connectivity index (χ0n) is 9.69. The molecule has 86 valence electrons. The van der Waals surface area contributed by atoms with Gasteiger partial charge >= 0.3 is 5.97 Å². The van der Waals surface area contributed by atoms with Gasteiger partial charge in [0.15, 0.2) is 0 Å². The van der Waals surface area contributed by atoms with E-state index in [-0.39, 0.29) is 11.9 Å². The molecule has 1 aromatic carbocycles. The Labute approximate surface area is 95.8 Å². The van der Waals surface area contributed by atoms with Crippen LogP contribution in [0.15, 0.2) is 24.3 Å². The van der Waals surface area contributed by atoms with E-state index >= 15 is 0 Å². The Hall–Kier alpha value is -1.35. The van der Waals surface area contributed by atoms with Crippen LogP contribution in [0.25, 0.3) is 0 Å². The smallest absolute Gasteiger partial charge is 0.312 e. The second kappa shape index (κ2) is 4.66. The lowest BCUT2D eigenvalue weighted by Gasteiger charge is -2.27. The third kappa shape index (κ3) is 2.09. The van der Waals surface area contributed by atoms with Gasteiger partial charge in [-0.2, -0.15) is 0 Å². The number of ether oxygens (including phenoxy) is 1. The lowest BCUT2D eigenvalue weighted by molar-refractivity contribution is -0.141. The van der Waals surface area contributed by atoms with Gasteiger partial charge in [-0.3, -0.25) is 4.79 Å². The first-order valence-corrected chi connectivity index (χ1v) is 5.60. The van der Waals surface area contributed by atoms with E-state index in [4.69, 9.17) is 4.74 Å². The van der Waals surface area contributed by atoms with Crippen molar-refractivity contribution >= 4 is 5.97 Å². The molecule has 1 fully saturated rings. The van der Waals surface area contributed by atoms with Crippen molar-refractivity contribution < 1.29 is 9.53 Å². The predicted molar refractivity (Wildman–Crippen MR) is 62.5 cm³/mol. The SMILES string of the molecule is COC(=O)C(C)c1ccc(C2CNC2)cc1. The molecule has 3 heteroatoms. The Morgan fingerprint density at radius 2 is 2.00 bits per heavy atom. The van der Waals surface area contributed by atoms with Crippen molar-refractivity contribution in [2.75, 3.05) is 20.2 Å². The van der Waals surface area contributed by atoms with Crippen LogP contribution in [0.3, 0.4) is 0 Å². The molecule has 1 atom stereocenters. The molecule has 16 heavy (non-hydrogen) atoms. The topological polar surface area (TPSA) is 38.3 Å². The number of hydrogen-bond acceptors (Lipinski definition) is 3. The fourth-order valence-electron chi connectivity index (χ4n) is 1.89. The van der Waals surface area contributed by atoms with Crippen LogP contribution in [-0.2, 0) is 9.53 Å². The third-order valence-electron chi connectivity index (χ3n) is 3.24. The zero-order chi connectivity index (χ0) is 11.5. The fraction of sp³-hybridized carbons (Fsp3) is 0.462. The van der Waals surface area contributed by atoms with Crippen molar-refractivity contribution in [3.8, 4) is 0 Å². The van der Waals surface area contributed by atoms with Crippen LogP contribution in [0, 0.1) is 0 Å². The molecule has 1 heterocycles. The number of benzene rings is 1. The number of nitrogens with one attached hydrogen (secondary N) is 1. The maximum Gasteiger partial charge on any atom is 0.312 e. The highest BCUT2D eigenvalue weighted by Crippen LogP contribution is 2.23. The Balaban J connectivity index is 2.09. The van der Waals surface area contributed by atoms with E-state index in [2.05, 4.69) is 17.4 Å². The molecular weight excluding hydrogens is 202 g/mol. The molecule has 0 bridgehead atoms. The highest BCUT2D eigenvalue weighted by atomic mass is 16.5. The second-order valence-corrected chi connectivity index (χ2v) is 4.27. The average molecular weight is 219 g/mol. The van der Waals surface area contributed by atoms with Crippen LogP contribution in [0.2, 0.25) is 0 Å². The lowest BCUT2D eigenvalue weighted by Crippen LogP contribution is -2.39. The van der Waals surface area contributed by atoms with Crippen molar-refractivity contribution in [2.24, 2.45) is 0 Å². The molecule has 3 nitrogen and oxygen atoms in total. The van der Waals surface area contributed by atoms with Crippen LogP contribution in [0.4, 0.5) is 0 Å². The first-order valence-electron chi connectivity index (χ1n) is 5.60.